The number of rotatable bonds is 5. The molecule has 1 aromatic carbocycles. The zero-order chi connectivity index (χ0) is 14.8. The third-order valence-corrected chi connectivity index (χ3v) is 4.00. The number of amides is 1. The minimum atomic E-state index is -0.507. The lowest BCUT2D eigenvalue weighted by Crippen LogP contribution is -2.47. The molecule has 1 saturated carbocycles. The summed E-state index contributed by atoms with van der Waals surface area (Å²) in [6.07, 6.45) is 2.77. The molecule has 114 valence electrons. The van der Waals surface area contributed by atoms with Crippen molar-refractivity contribution in [3.63, 3.8) is 0 Å². The molecule has 3 rings (SSSR count). The number of carbonyl (C=O) groups is 1. The van der Waals surface area contributed by atoms with Crippen molar-refractivity contribution in [1.29, 1.82) is 0 Å². The Morgan fingerprint density at radius 1 is 1.29 bits per heavy atom. The Hall–Kier alpha value is -1.71. The molecular formula is C17H23NO3. The first kappa shape index (κ1) is 14.2. The normalized spacial score (nSPS) is 20.4. The van der Waals surface area contributed by atoms with Crippen molar-refractivity contribution >= 4 is 5.91 Å². The van der Waals surface area contributed by atoms with Crippen molar-refractivity contribution in [3.05, 3.63) is 24.3 Å². The van der Waals surface area contributed by atoms with Crippen LogP contribution in [-0.2, 0) is 4.79 Å². The fourth-order valence-corrected chi connectivity index (χ4v) is 2.58. The van der Waals surface area contributed by atoms with Gasteiger partial charge in [0.1, 0.15) is 6.61 Å². The van der Waals surface area contributed by atoms with Crippen LogP contribution in [0.3, 0.4) is 0 Å². The zero-order valence-corrected chi connectivity index (χ0v) is 12.7. The van der Waals surface area contributed by atoms with Gasteiger partial charge in [-0.05, 0) is 37.3 Å². The molecular weight excluding hydrogens is 266 g/mol. The third-order valence-electron chi connectivity index (χ3n) is 4.00. The molecule has 0 bridgehead atoms. The highest BCUT2D eigenvalue weighted by Gasteiger charge is 2.38. The van der Waals surface area contributed by atoms with Gasteiger partial charge in [-0.15, -0.1) is 0 Å². The van der Waals surface area contributed by atoms with E-state index in [0.717, 1.165) is 31.6 Å². The van der Waals surface area contributed by atoms with Crippen LogP contribution in [0.5, 0.6) is 11.5 Å². The van der Waals surface area contributed by atoms with Crippen LogP contribution in [0, 0.1) is 5.92 Å². The quantitative estimate of drug-likeness (QED) is 0.836. The van der Waals surface area contributed by atoms with Crippen molar-refractivity contribution in [1.82, 2.24) is 4.90 Å². The highest BCUT2D eigenvalue weighted by atomic mass is 16.6. The molecule has 1 atom stereocenters. The molecule has 0 aromatic heterocycles. The second-order valence-corrected chi connectivity index (χ2v) is 6.31. The lowest BCUT2D eigenvalue weighted by Gasteiger charge is -2.31. The minimum absolute atomic E-state index is 0.0765. The van der Waals surface area contributed by atoms with Crippen molar-refractivity contribution in [2.45, 2.75) is 45.3 Å². The van der Waals surface area contributed by atoms with Crippen LogP contribution >= 0.6 is 0 Å². The van der Waals surface area contributed by atoms with Crippen LogP contribution in [-0.4, -0.2) is 36.1 Å². The lowest BCUT2D eigenvalue weighted by atomic mass is 10.1. The first-order chi connectivity index (χ1) is 10.1. The molecule has 0 spiro atoms. The smallest absolute Gasteiger partial charge is 0.267 e. The number of hydrogen-bond acceptors (Lipinski definition) is 3. The monoisotopic (exact) mass is 289 g/mol. The molecule has 1 aliphatic heterocycles. The molecule has 0 N–H and O–H groups in total. The number of para-hydroxylation sites is 2. The summed E-state index contributed by atoms with van der Waals surface area (Å²) in [6.45, 7) is 5.50. The van der Waals surface area contributed by atoms with Crippen LogP contribution in [0.4, 0.5) is 0 Å². The van der Waals surface area contributed by atoms with Gasteiger partial charge in [0.25, 0.3) is 5.91 Å². The Balaban J connectivity index is 1.66. The van der Waals surface area contributed by atoms with Gasteiger partial charge in [0.2, 0.25) is 6.10 Å². The molecule has 0 saturated heterocycles. The van der Waals surface area contributed by atoms with Gasteiger partial charge in [0.05, 0.1) is 0 Å². The Morgan fingerprint density at radius 2 is 2.00 bits per heavy atom. The van der Waals surface area contributed by atoms with Crippen LogP contribution in [0.1, 0.15) is 33.1 Å². The summed E-state index contributed by atoms with van der Waals surface area (Å²) in [5.41, 5.74) is 0. The summed E-state index contributed by atoms with van der Waals surface area (Å²) in [4.78, 5) is 14.7. The molecule has 4 nitrogen and oxygen atoms in total. The number of fused-ring (bicyclic) bond motifs is 1. The van der Waals surface area contributed by atoms with E-state index in [2.05, 4.69) is 13.8 Å². The second kappa shape index (κ2) is 5.96. The van der Waals surface area contributed by atoms with Crippen LogP contribution in [0.2, 0.25) is 0 Å². The molecule has 0 radical (unpaired) electrons. The minimum Gasteiger partial charge on any atom is -0.485 e. The second-order valence-electron chi connectivity index (χ2n) is 6.31. The maximum atomic E-state index is 12.7. The highest BCUT2D eigenvalue weighted by Crippen LogP contribution is 2.33. The molecule has 1 fully saturated rings. The van der Waals surface area contributed by atoms with Gasteiger partial charge in [-0.2, -0.15) is 0 Å². The first-order valence-electron chi connectivity index (χ1n) is 7.84. The SMILES string of the molecule is CC(C)CCN(C(=O)C1COc2ccccc2O1)C1CC1. The predicted octanol–water partition coefficient (Wildman–Crippen LogP) is 2.86. The fraction of sp³-hybridized carbons (Fsp3) is 0.588. The standard InChI is InChI=1S/C17H23NO3/c1-12(2)9-10-18(13-7-8-13)17(19)16-11-20-14-5-3-4-6-15(14)21-16/h3-6,12-13,16H,7-11H2,1-2H3. The average Bonchev–Trinajstić information content (AvgIpc) is 3.31. The fourth-order valence-electron chi connectivity index (χ4n) is 2.58. The van der Waals surface area contributed by atoms with E-state index in [9.17, 15) is 4.79 Å². The molecule has 4 heteroatoms. The van der Waals surface area contributed by atoms with Gasteiger partial charge in [0, 0.05) is 12.6 Å². The molecule has 21 heavy (non-hydrogen) atoms. The van der Waals surface area contributed by atoms with E-state index in [-0.39, 0.29) is 5.91 Å². The van der Waals surface area contributed by atoms with Crippen molar-refractivity contribution in [3.8, 4) is 11.5 Å². The average molecular weight is 289 g/mol. The molecule has 2 aliphatic rings. The summed E-state index contributed by atoms with van der Waals surface area (Å²) >= 11 is 0. The van der Waals surface area contributed by atoms with Gasteiger partial charge in [-0.1, -0.05) is 26.0 Å². The van der Waals surface area contributed by atoms with Crippen LogP contribution < -0.4 is 9.47 Å². The molecule has 1 heterocycles. The van der Waals surface area contributed by atoms with E-state index in [1.54, 1.807) is 0 Å². The topological polar surface area (TPSA) is 38.8 Å². The third kappa shape index (κ3) is 3.31. The first-order valence-corrected chi connectivity index (χ1v) is 7.84. The zero-order valence-electron chi connectivity index (χ0n) is 12.7. The number of carbonyl (C=O) groups excluding carboxylic acids is 1. The lowest BCUT2D eigenvalue weighted by molar-refractivity contribution is -0.142. The van der Waals surface area contributed by atoms with E-state index in [4.69, 9.17) is 9.47 Å². The van der Waals surface area contributed by atoms with Crippen molar-refractivity contribution in [2.75, 3.05) is 13.2 Å². The molecule has 1 aliphatic carbocycles. The van der Waals surface area contributed by atoms with Crippen molar-refractivity contribution in [2.24, 2.45) is 5.92 Å². The van der Waals surface area contributed by atoms with Gasteiger partial charge in [-0.25, -0.2) is 0 Å². The van der Waals surface area contributed by atoms with E-state index in [1.807, 2.05) is 29.2 Å². The number of hydrogen-bond donors (Lipinski definition) is 0. The Bertz CT molecular complexity index is 511. The number of ether oxygens (including phenoxy) is 2. The van der Waals surface area contributed by atoms with Gasteiger partial charge < -0.3 is 14.4 Å². The number of nitrogens with zero attached hydrogens (tertiary/aromatic N) is 1. The summed E-state index contributed by atoms with van der Waals surface area (Å²) in [5, 5.41) is 0. The predicted molar refractivity (Wildman–Crippen MR) is 80.5 cm³/mol. The summed E-state index contributed by atoms with van der Waals surface area (Å²) in [6, 6.07) is 7.94. The maximum absolute atomic E-state index is 12.7. The van der Waals surface area contributed by atoms with Gasteiger partial charge in [-0.3, -0.25) is 4.79 Å². The van der Waals surface area contributed by atoms with Gasteiger partial charge in [0.15, 0.2) is 11.5 Å². The molecule has 1 aromatic rings. The molecule has 1 amide bonds. The summed E-state index contributed by atoms with van der Waals surface area (Å²) < 4.78 is 11.5. The number of benzene rings is 1. The van der Waals surface area contributed by atoms with Gasteiger partial charge >= 0.3 is 0 Å². The maximum Gasteiger partial charge on any atom is 0.267 e. The van der Waals surface area contributed by atoms with E-state index in [0.29, 0.717) is 24.3 Å². The molecule has 1 unspecified atom stereocenters. The Kier molecular flexibility index (Phi) is 4.04. The Labute approximate surface area is 126 Å². The summed E-state index contributed by atoms with van der Waals surface area (Å²) in [7, 11) is 0. The van der Waals surface area contributed by atoms with Crippen LogP contribution in [0.25, 0.3) is 0 Å². The van der Waals surface area contributed by atoms with Crippen molar-refractivity contribution < 1.29 is 14.3 Å². The Morgan fingerprint density at radius 3 is 2.67 bits per heavy atom. The highest BCUT2D eigenvalue weighted by molar-refractivity contribution is 5.82. The van der Waals surface area contributed by atoms with E-state index >= 15 is 0 Å². The van der Waals surface area contributed by atoms with Crippen LogP contribution in [0.15, 0.2) is 24.3 Å². The van der Waals surface area contributed by atoms with E-state index in [1.165, 1.54) is 0 Å². The summed E-state index contributed by atoms with van der Waals surface area (Å²) in [5.74, 6) is 2.07. The van der Waals surface area contributed by atoms with E-state index < -0.39 is 6.10 Å². The largest absolute Gasteiger partial charge is 0.485 e.